The van der Waals surface area contributed by atoms with Crippen LogP contribution in [0.2, 0.25) is 0 Å². The smallest absolute Gasteiger partial charge is 0.382 e. The Balaban J connectivity index is 3.13. The van der Waals surface area contributed by atoms with E-state index in [4.69, 9.17) is 5.11 Å². The van der Waals surface area contributed by atoms with E-state index >= 15 is 0 Å². The van der Waals surface area contributed by atoms with E-state index in [1.165, 1.54) is 24.3 Å². The van der Waals surface area contributed by atoms with Crippen LogP contribution in [0.15, 0.2) is 30.3 Å². The molecule has 0 saturated heterocycles. The van der Waals surface area contributed by atoms with Crippen molar-refractivity contribution in [1.29, 1.82) is 0 Å². The van der Waals surface area contributed by atoms with Crippen LogP contribution in [0.5, 0.6) is 0 Å². The Morgan fingerprint density at radius 2 is 1.80 bits per heavy atom. The Morgan fingerprint density at radius 1 is 1.27 bits per heavy atom. The van der Waals surface area contributed by atoms with Crippen molar-refractivity contribution < 1.29 is 24.5 Å². The van der Waals surface area contributed by atoms with Gasteiger partial charge in [-0.15, -0.1) is 0 Å². The normalized spacial score (nSPS) is 14.0. The lowest BCUT2D eigenvalue weighted by atomic mass is 10.1. The standard InChI is InChI=1S/C10H10O5/c1-7(11)15-10(14,9(12)13)8-5-3-2-4-6-8/h2-6,14H,1H3,(H,12,13)/t10-/m1/s1. The van der Waals surface area contributed by atoms with Crippen molar-refractivity contribution in [2.75, 3.05) is 0 Å². The maximum absolute atomic E-state index is 10.8. The summed E-state index contributed by atoms with van der Waals surface area (Å²) in [5, 5.41) is 18.5. The van der Waals surface area contributed by atoms with Crippen LogP contribution in [0.3, 0.4) is 0 Å². The predicted octanol–water partition coefficient (Wildman–Crippen LogP) is 0.479. The third-order valence-electron chi connectivity index (χ3n) is 1.75. The quantitative estimate of drug-likeness (QED) is 0.560. The van der Waals surface area contributed by atoms with E-state index in [9.17, 15) is 14.7 Å². The van der Waals surface area contributed by atoms with Crippen LogP contribution in [-0.2, 0) is 20.1 Å². The number of carboxylic acid groups (broad SMARTS) is 1. The Hall–Kier alpha value is -1.88. The monoisotopic (exact) mass is 210 g/mol. The minimum absolute atomic E-state index is 0.00676. The summed E-state index contributed by atoms with van der Waals surface area (Å²) in [6.45, 7) is 1.02. The summed E-state index contributed by atoms with van der Waals surface area (Å²) in [7, 11) is 0. The van der Waals surface area contributed by atoms with Gasteiger partial charge in [-0.25, -0.2) is 4.79 Å². The molecule has 0 aliphatic carbocycles. The van der Waals surface area contributed by atoms with Gasteiger partial charge in [-0.2, -0.15) is 0 Å². The summed E-state index contributed by atoms with van der Waals surface area (Å²) in [5.41, 5.74) is -0.00676. The van der Waals surface area contributed by atoms with Crippen LogP contribution in [0.4, 0.5) is 0 Å². The van der Waals surface area contributed by atoms with E-state index in [1.54, 1.807) is 6.07 Å². The van der Waals surface area contributed by atoms with Crippen molar-refractivity contribution in [3.63, 3.8) is 0 Å². The first-order chi connectivity index (χ1) is 6.97. The molecule has 1 aromatic rings. The third kappa shape index (κ3) is 2.32. The van der Waals surface area contributed by atoms with Crippen LogP contribution in [0.1, 0.15) is 12.5 Å². The van der Waals surface area contributed by atoms with Crippen molar-refractivity contribution in [2.45, 2.75) is 12.7 Å². The zero-order chi connectivity index (χ0) is 11.5. The SMILES string of the molecule is CC(=O)O[C@@](O)(C(=O)O)c1ccccc1. The highest BCUT2D eigenvalue weighted by atomic mass is 16.7. The van der Waals surface area contributed by atoms with E-state index in [0.29, 0.717) is 0 Å². The maximum atomic E-state index is 10.8. The second-order valence-corrected chi connectivity index (χ2v) is 2.91. The van der Waals surface area contributed by atoms with E-state index < -0.39 is 17.7 Å². The van der Waals surface area contributed by atoms with Gasteiger partial charge >= 0.3 is 17.7 Å². The van der Waals surface area contributed by atoms with E-state index in [-0.39, 0.29) is 5.56 Å². The summed E-state index contributed by atoms with van der Waals surface area (Å²) >= 11 is 0. The van der Waals surface area contributed by atoms with Crippen LogP contribution < -0.4 is 0 Å². The number of hydrogen-bond donors (Lipinski definition) is 2. The molecule has 0 aromatic heterocycles. The molecule has 15 heavy (non-hydrogen) atoms. The average Bonchev–Trinajstić information content (AvgIpc) is 2.17. The molecule has 2 N–H and O–H groups in total. The molecule has 0 bridgehead atoms. The highest BCUT2D eigenvalue weighted by molar-refractivity contribution is 5.81. The summed E-state index contributed by atoms with van der Waals surface area (Å²) in [5.74, 6) is -5.12. The number of aliphatic carboxylic acids is 1. The van der Waals surface area contributed by atoms with Gasteiger partial charge in [0.05, 0.1) is 0 Å². The van der Waals surface area contributed by atoms with Crippen molar-refractivity contribution in [2.24, 2.45) is 0 Å². The molecule has 0 aliphatic rings. The molecular formula is C10H10O5. The van der Waals surface area contributed by atoms with Crippen molar-refractivity contribution in [3.05, 3.63) is 35.9 Å². The number of aliphatic hydroxyl groups is 1. The zero-order valence-corrected chi connectivity index (χ0v) is 8.01. The lowest BCUT2D eigenvalue weighted by Gasteiger charge is -2.22. The molecular weight excluding hydrogens is 200 g/mol. The summed E-state index contributed by atoms with van der Waals surface area (Å²) in [6, 6.07) is 7.44. The number of hydrogen-bond acceptors (Lipinski definition) is 4. The third-order valence-corrected chi connectivity index (χ3v) is 1.75. The molecule has 0 aliphatic heterocycles. The number of carbonyl (C=O) groups is 2. The van der Waals surface area contributed by atoms with Crippen molar-refractivity contribution in [3.8, 4) is 0 Å². The van der Waals surface area contributed by atoms with Gasteiger partial charge in [-0.3, -0.25) is 4.79 Å². The predicted molar refractivity (Wildman–Crippen MR) is 49.7 cm³/mol. The first-order valence-electron chi connectivity index (χ1n) is 4.17. The second kappa shape index (κ2) is 4.10. The minimum atomic E-state index is -2.62. The van der Waals surface area contributed by atoms with Gasteiger partial charge in [-0.05, 0) is 0 Å². The highest BCUT2D eigenvalue weighted by Gasteiger charge is 2.41. The Labute approximate surface area is 85.9 Å². The fourth-order valence-electron chi connectivity index (χ4n) is 1.10. The highest BCUT2D eigenvalue weighted by Crippen LogP contribution is 2.22. The van der Waals surface area contributed by atoms with Gasteiger partial charge in [0, 0.05) is 12.5 Å². The van der Waals surface area contributed by atoms with Gasteiger partial charge in [0.25, 0.3) is 0 Å². The van der Waals surface area contributed by atoms with E-state index in [2.05, 4.69) is 4.74 Å². The number of ether oxygens (including phenoxy) is 1. The lowest BCUT2D eigenvalue weighted by molar-refractivity contribution is -0.226. The summed E-state index contributed by atoms with van der Waals surface area (Å²) in [6.07, 6.45) is 0. The van der Waals surface area contributed by atoms with Gasteiger partial charge in [0.2, 0.25) is 0 Å². The van der Waals surface area contributed by atoms with Crippen molar-refractivity contribution in [1.82, 2.24) is 0 Å². The van der Waals surface area contributed by atoms with Crippen LogP contribution in [-0.4, -0.2) is 22.2 Å². The Morgan fingerprint density at radius 3 is 2.20 bits per heavy atom. The molecule has 1 atom stereocenters. The second-order valence-electron chi connectivity index (χ2n) is 2.91. The zero-order valence-electron chi connectivity index (χ0n) is 8.01. The molecule has 80 valence electrons. The van der Waals surface area contributed by atoms with Crippen LogP contribution in [0, 0.1) is 0 Å². The molecule has 1 rings (SSSR count). The van der Waals surface area contributed by atoms with Gasteiger partial charge in [-0.1, -0.05) is 30.3 Å². The number of esters is 1. The molecule has 0 spiro atoms. The topological polar surface area (TPSA) is 83.8 Å². The van der Waals surface area contributed by atoms with Crippen LogP contribution >= 0.6 is 0 Å². The fourth-order valence-corrected chi connectivity index (χ4v) is 1.10. The first kappa shape index (κ1) is 11.2. The first-order valence-corrected chi connectivity index (χ1v) is 4.17. The van der Waals surface area contributed by atoms with E-state index in [1.807, 2.05) is 0 Å². The molecule has 0 heterocycles. The van der Waals surface area contributed by atoms with E-state index in [0.717, 1.165) is 6.92 Å². The van der Waals surface area contributed by atoms with Crippen molar-refractivity contribution >= 4 is 11.9 Å². The number of benzene rings is 1. The minimum Gasteiger partial charge on any atom is -0.476 e. The Kier molecular flexibility index (Phi) is 3.06. The van der Waals surface area contributed by atoms with Crippen LogP contribution in [0.25, 0.3) is 0 Å². The number of carbonyl (C=O) groups excluding carboxylic acids is 1. The average molecular weight is 210 g/mol. The molecule has 1 aromatic carbocycles. The molecule has 0 saturated carbocycles. The molecule has 0 fully saturated rings. The lowest BCUT2D eigenvalue weighted by Crippen LogP contribution is -2.39. The molecule has 5 nitrogen and oxygen atoms in total. The fraction of sp³-hybridized carbons (Fsp3) is 0.200. The molecule has 0 radical (unpaired) electrons. The number of carboxylic acids is 1. The van der Waals surface area contributed by atoms with Gasteiger partial charge in [0.1, 0.15) is 0 Å². The molecule has 0 unspecified atom stereocenters. The molecule has 5 heteroatoms. The van der Waals surface area contributed by atoms with Gasteiger partial charge in [0.15, 0.2) is 0 Å². The summed E-state index contributed by atoms with van der Waals surface area (Å²) in [4.78, 5) is 21.5. The molecule has 0 amide bonds. The van der Waals surface area contributed by atoms with Gasteiger partial charge < -0.3 is 14.9 Å². The Bertz CT molecular complexity index is 373. The largest absolute Gasteiger partial charge is 0.476 e. The summed E-state index contributed by atoms with van der Waals surface area (Å²) < 4.78 is 4.40. The maximum Gasteiger partial charge on any atom is 0.382 e. The number of rotatable bonds is 3.